The summed E-state index contributed by atoms with van der Waals surface area (Å²) < 4.78 is 14.5. The first kappa shape index (κ1) is 13.8. The number of halogens is 2. The van der Waals surface area contributed by atoms with Gasteiger partial charge in [0.05, 0.1) is 13.2 Å². The van der Waals surface area contributed by atoms with Crippen LogP contribution in [0.4, 0.5) is 4.39 Å². The molecule has 2 aromatic heterocycles. The van der Waals surface area contributed by atoms with Crippen LogP contribution < -0.4 is 5.56 Å². The van der Waals surface area contributed by atoms with Gasteiger partial charge in [0.15, 0.2) is 0 Å². The third-order valence-electron chi connectivity index (χ3n) is 3.26. The minimum atomic E-state index is -0.374. The van der Waals surface area contributed by atoms with Crippen molar-refractivity contribution in [3.8, 4) is 5.69 Å². The molecule has 2 radical (unpaired) electrons. The summed E-state index contributed by atoms with van der Waals surface area (Å²) in [4.78, 5) is 16.6. The van der Waals surface area contributed by atoms with E-state index in [1.807, 2.05) is 0 Å². The molecule has 0 N–H and O–H groups in total. The summed E-state index contributed by atoms with van der Waals surface area (Å²) in [6, 6.07) is 9.11. The molecule has 0 unspecified atom stereocenters. The van der Waals surface area contributed by atoms with Crippen molar-refractivity contribution in [2.45, 2.75) is 6.32 Å². The van der Waals surface area contributed by atoms with E-state index >= 15 is 0 Å². The molecular formula is C15H9BClFN2O. The zero-order valence-corrected chi connectivity index (χ0v) is 11.6. The average molecular weight is 299 g/mol. The lowest BCUT2D eigenvalue weighted by molar-refractivity contribution is 0.627. The first-order valence-electron chi connectivity index (χ1n) is 6.27. The minimum absolute atomic E-state index is 0.136. The van der Waals surface area contributed by atoms with Crippen molar-refractivity contribution in [2.24, 2.45) is 0 Å². The van der Waals surface area contributed by atoms with Crippen LogP contribution in [0.5, 0.6) is 0 Å². The summed E-state index contributed by atoms with van der Waals surface area (Å²) in [7, 11) is 5.73. The monoisotopic (exact) mass is 298 g/mol. The number of pyridine rings is 2. The Hall–Kier alpha value is -2.14. The van der Waals surface area contributed by atoms with E-state index in [1.54, 1.807) is 12.1 Å². The van der Waals surface area contributed by atoms with Gasteiger partial charge in [0, 0.05) is 17.6 Å². The molecule has 102 valence electrons. The maximum atomic E-state index is 13.1. The fourth-order valence-electron chi connectivity index (χ4n) is 2.29. The molecule has 3 nitrogen and oxygen atoms in total. The van der Waals surface area contributed by atoms with Crippen LogP contribution in [0.15, 0.2) is 47.4 Å². The summed E-state index contributed by atoms with van der Waals surface area (Å²) >= 11 is 6.03. The molecule has 0 bridgehead atoms. The second kappa shape index (κ2) is 5.33. The third-order valence-corrected chi connectivity index (χ3v) is 3.54. The predicted octanol–water partition coefficient (Wildman–Crippen LogP) is 2.85. The normalized spacial score (nSPS) is 11.0. The van der Waals surface area contributed by atoms with Crippen LogP contribution >= 0.6 is 11.6 Å². The van der Waals surface area contributed by atoms with E-state index < -0.39 is 0 Å². The number of hydrogen-bond acceptors (Lipinski definition) is 2. The van der Waals surface area contributed by atoms with Gasteiger partial charge in [-0.05, 0) is 48.1 Å². The minimum Gasteiger partial charge on any atom is -0.281 e. The second-order valence-corrected chi connectivity index (χ2v) is 4.88. The Bertz CT molecular complexity index is 877. The molecule has 0 saturated carbocycles. The lowest BCUT2D eigenvalue weighted by Gasteiger charge is -2.14. The summed E-state index contributed by atoms with van der Waals surface area (Å²) in [5.74, 6) is -0.374. The van der Waals surface area contributed by atoms with Gasteiger partial charge in [0.25, 0.3) is 5.56 Å². The molecule has 3 rings (SSSR count). The van der Waals surface area contributed by atoms with Crippen LogP contribution in [0, 0.1) is 5.82 Å². The molecule has 0 aliphatic carbocycles. The van der Waals surface area contributed by atoms with Gasteiger partial charge in [0.1, 0.15) is 11.0 Å². The quantitative estimate of drug-likeness (QED) is 0.538. The topological polar surface area (TPSA) is 34.9 Å². The first-order chi connectivity index (χ1) is 10.1. The Labute approximate surface area is 126 Å². The van der Waals surface area contributed by atoms with E-state index in [0.717, 1.165) is 0 Å². The maximum absolute atomic E-state index is 13.1. The predicted molar refractivity (Wildman–Crippen MR) is 81.8 cm³/mol. The molecule has 0 amide bonds. The molecule has 1 aromatic carbocycles. The van der Waals surface area contributed by atoms with Crippen LogP contribution in [0.2, 0.25) is 5.15 Å². The number of rotatable bonds is 2. The van der Waals surface area contributed by atoms with E-state index in [1.165, 1.54) is 35.0 Å². The molecule has 0 saturated heterocycles. The van der Waals surface area contributed by atoms with Gasteiger partial charge in [-0.2, -0.15) is 0 Å². The Balaban J connectivity index is 2.41. The molecular weight excluding hydrogens is 289 g/mol. The molecule has 0 aliphatic heterocycles. The van der Waals surface area contributed by atoms with Crippen LogP contribution in [0.1, 0.15) is 5.69 Å². The third kappa shape index (κ3) is 2.34. The first-order valence-corrected chi connectivity index (χ1v) is 6.65. The van der Waals surface area contributed by atoms with Crippen molar-refractivity contribution in [2.75, 3.05) is 0 Å². The zero-order chi connectivity index (χ0) is 15.0. The van der Waals surface area contributed by atoms with Crippen molar-refractivity contribution in [3.63, 3.8) is 0 Å². The van der Waals surface area contributed by atoms with Gasteiger partial charge in [-0.1, -0.05) is 11.6 Å². The summed E-state index contributed by atoms with van der Waals surface area (Å²) in [5.41, 5.74) is 0.822. The van der Waals surface area contributed by atoms with Gasteiger partial charge in [-0.3, -0.25) is 9.36 Å². The molecule has 2 heterocycles. The van der Waals surface area contributed by atoms with Crippen LogP contribution in [0.3, 0.4) is 0 Å². The van der Waals surface area contributed by atoms with Gasteiger partial charge in [-0.15, -0.1) is 0 Å². The fraction of sp³-hybridized carbons (Fsp3) is 0.0667. The van der Waals surface area contributed by atoms with Crippen molar-refractivity contribution in [1.82, 2.24) is 9.55 Å². The lowest BCUT2D eigenvalue weighted by Crippen LogP contribution is -2.22. The highest BCUT2D eigenvalue weighted by molar-refractivity contribution is 6.34. The standard InChI is InChI=1S/C15H9BClFN2O/c16-8-12-7-9-5-6-19-14(17)13(9)15(21)20(12)11-3-1-10(18)2-4-11/h1-7H,8H2. The van der Waals surface area contributed by atoms with Gasteiger partial charge in [-0.25, -0.2) is 9.37 Å². The number of benzene rings is 1. The average Bonchev–Trinajstić information content (AvgIpc) is 2.48. The Kier molecular flexibility index (Phi) is 3.51. The molecule has 0 aliphatic rings. The molecule has 0 atom stereocenters. The van der Waals surface area contributed by atoms with E-state index in [-0.39, 0.29) is 22.8 Å². The maximum Gasteiger partial charge on any atom is 0.266 e. The molecule has 0 spiro atoms. The SMILES string of the molecule is [B]Cc1cc2ccnc(Cl)c2c(=O)n1-c1ccc(F)cc1. The Morgan fingerprint density at radius 3 is 2.62 bits per heavy atom. The van der Waals surface area contributed by atoms with Crippen LogP contribution in [-0.2, 0) is 6.32 Å². The van der Waals surface area contributed by atoms with Crippen molar-refractivity contribution in [1.29, 1.82) is 0 Å². The lowest BCUT2D eigenvalue weighted by atomic mass is 9.99. The number of nitrogens with zero attached hydrogens (tertiary/aromatic N) is 2. The Morgan fingerprint density at radius 2 is 1.95 bits per heavy atom. The summed E-state index contributed by atoms with van der Waals surface area (Å²) in [6.07, 6.45) is 1.70. The number of hydrogen-bond donors (Lipinski definition) is 0. The van der Waals surface area contributed by atoms with Gasteiger partial charge < -0.3 is 0 Å². The second-order valence-electron chi connectivity index (χ2n) is 4.52. The number of fused-ring (bicyclic) bond motifs is 1. The largest absolute Gasteiger partial charge is 0.281 e. The summed E-state index contributed by atoms with van der Waals surface area (Å²) in [5, 5.41) is 1.14. The molecule has 3 aromatic rings. The van der Waals surface area contributed by atoms with Crippen molar-refractivity contribution >= 4 is 30.2 Å². The summed E-state index contributed by atoms with van der Waals surface area (Å²) in [6.45, 7) is 0. The number of aromatic nitrogens is 2. The zero-order valence-electron chi connectivity index (χ0n) is 10.9. The molecule has 6 heteroatoms. The highest BCUT2D eigenvalue weighted by Crippen LogP contribution is 2.20. The Morgan fingerprint density at radius 1 is 1.24 bits per heavy atom. The van der Waals surface area contributed by atoms with E-state index in [2.05, 4.69) is 4.98 Å². The fourth-order valence-corrected chi connectivity index (χ4v) is 2.54. The van der Waals surface area contributed by atoms with E-state index in [0.29, 0.717) is 22.2 Å². The van der Waals surface area contributed by atoms with Gasteiger partial charge in [0.2, 0.25) is 0 Å². The van der Waals surface area contributed by atoms with Crippen molar-refractivity contribution in [3.05, 3.63) is 69.6 Å². The van der Waals surface area contributed by atoms with Crippen molar-refractivity contribution < 1.29 is 4.39 Å². The van der Waals surface area contributed by atoms with Gasteiger partial charge >= 0.3 is 0 Å². The highest BCUT2D eigenvalue weighted by Gasteiger charge is 2.12. The van der Waals surface area contributed by atoms with E-state index in [9.17, 15) is 9.18 Å². The van der Waals surface area contributed by atoms with Crippen LogP contribution in [0.25, 0.3) is 16.5 Å². The van der Waals surface area contributed by atoms with E-state index in [4.69, 9.17) is 19.4 Å². The molecule has 21 heavy (non-hydrogen) atoms. The van der Waals surface area contributed by atoms with Crippen LogP contribution in [-0.4, -0.2) is 17.4 Å². The smallest absolute Gasteiger partial charge is 0.266 e. The highest BCUT2D eigenvalue weighted by atomic mass is 35.5. The molecule has 0 fully saturated rings.